The van der Waals surface area contributed by atoms with E-state index >= 15 is 0 Å². The standard InChI is InChI=1S/C22H18F17NO3/c1-2-3-4-5-10-42-15(41)40-11-6-8-12(9-7-11)43-14(24)13(23)16(25,26)17(27,28)18(29,30)19(31,32)20(33,34)21(35,36)22(37,38)39/h6-9H,2-5,10H2,1H3,(H,40,41). The SMILES string of the molecule is CCCCCCOC(=O)Nc1ccc(OC(F)=C(F)C(F)(F)C(F)(F)C(F)(F)C(F)(F)C(F)(F)C(F)(F)C(F)(F)F)cc1. The Balaban J connectivity index is 3.21. The number of allylic oxidation sites excluding steroid dienone is 1. The second-order valence-corrected chi connectivity index (χ2v) is 8.48. The molecule has 21 heteroatoms. The molecule has 4 nitrogen and oxygen atoms in total. The smallest absolute Gasteiger partial charge is 0.449 e. The van der Waals surface area contributed by atoms with Crippen molar-refractivity contribution in [3.05, 3.63) is 36.1 Å². The molecule has 248 valence electrons. The monoisotopic (exact) mass is 667 g/mol. The summed E-state index contributed by atoms with van der Waals surface area (Å²) in [6.07, 6.45) is -5.86. The Kier molecular flexibility index (Phi) is 11.3. The van der Waals surface area contributed by atoms with Crippen LogP contribution in [-0.4, -0.2) is 54.4 Å². The Morgan fingerprint density at radius 1 is 0.674 bits per heavy atom. The van der Waals surface area contributed by atoms with Gasteiger partial charge in [0.15, 0.2) is 0 Å². The number of amides is 1. The van der Waals surface area contributed by atoms with E-state index in [0.717, 1.165) is 31.4 Å². The quantitative estimate of drug-likeness (QED) is 0.122. The Labute approximate surface area is 229 Å². The number of halogens is 17. The minimum atomic E-state index is -8.66. The highest BCUT2D eigenvalue weighted by atomic mass is 19.4. The molecule has 0 radical (unpaired) electrons. The van der Waals surface area contributed by atoms with Gasteiger partial charge in [0.25, 0.3) is 0 Å². The normalized spacial score (nSPS) is 14.7. The highest BCUT2D eigenvalue weighted by molar-refractivity contribution is 5.84. The average Bonchev–Trinajstić information content (AvgIpc) is 2.87. The van der Waals surface area contributed by atoms with E-state index in [1.54, 1.807) is 0 Å². The van der Waals surface area contributed by atoms with Gasteiger partial charge >= 0.3 is 53.8 Å². The van der Waals surface area contributed by atoms with Gasteiger partial charge in [0.1, 0.15) is 5.75 Å². The lowest BCUT2D eigenvalue weighted by Gasteiger charge is -2.41. The topological polar surface area (TPSA) is 47.6 Å². The van der Waals surface area contributed by atoms with E-state index < -0.39 is 65.4 Å². The molecule has 1 N–H and O–H groups in total. The number of anilines is 1. The van der Waals surface area contributed by atoms with Crippen LogP contribution in [0.5, 0.6) is 5.75 Å². The summed E-state index contributed by atoms with van der Waals surface area (Å²) in [5, 5.41) is 2.09. The van der Waals surface area contributed by atoms with Crippen LogP contribution >= 0.6 is 0 Å². The molecule has 0 spiro atoms. The molecular formula is C22H18F17NO3. The first-order valence-corrected chi connectivity index (χ1v) is 11.3. The van der Waals surface area contributed by atoms with E-state index in [-0.39, 0.29) is 12.3 Å². The number of nitrogens with one attached hydrogen (secondary N) is 1. The van der Waals surface area contributed by atoms with Crippen molar-refractivity contribution in [2.45, 2.75) is 74.3 Å². The molecule has 0 heterocycles. The minimum Gasteiger partial charge on any atom is -0.449 e. The second-order valence-electron chi connectivity index (χ2n) is 8.48. The summed E-state index contributed by atoms with van der Waals surface area (Å²) in [6.45, 7) is 1.91. The molecular weight excluding hydrogens is 649 g/mol. The summed E-state index contributed by atoms with van der Waals surface area (Å²) in [4.78, 5) is 11.6. The van der Waals surface area contributed by atoms with Crippen molar-refractivity contribution in [3.63, 3.8) is 0 Å². The Morgan fingerprint density at radius 2 is 1.14 bits per heavy atom. The van der Waals surface area contributed by atoms with Gasteiger partial charge in [0, 0.05) is 5.69 Å². The van der Waals surface area contributed by atoms with Gasteiger partial charge in [-0.1, -0.05) is 26.2 Å². The van der Waals surface area contributed by atoms with Crippen molar-refractivity contribution in [3.8, 4) is 5.75 Å². The van der Waals surface area contributed by atoms with Crippen molar-refractivity contribution < 1.29 is 88.9 Å². The average molecular weight is 667 g/mol. The van der Waals surface area contributed by atoms with Crippen molar-refractivity contribution in [1.29, 1.82) is 0 Å². The molecule has 0 aliphatic carbocycles. The molecule has 1 rings (SSSR count). The summed E-state index contributed by atoms with van der Waals surface area (Å²) < 4.78 is 234. The summed E-state index contributed by atoms with van der Waals surface area (Å²) in [6, 6.07) is -1.04. The Morgan fingerprint density at radius 3 is 1.60 bits per heavy atom. The largest absolute Gasteiger partial charge is 0.460 e. The number of alkyl halides is 15. The Hall–Kier alpha value is -3.16. The second kappa shape index (κ2) is 12.8. The minimum absolute atomic E-state index is 0.00542. The van der Waals surface area contributed by atoms with Gasteiger partial charge in [0.05, 0.1) is 6.61 Å². The summed E-state index contributed by atoms with van der Waals surface area (Å²) in [7, 11) is 0. The molecule has 0 saturated heterocycles. The number of benzene rings is 1. The molecule has 0 fully saturated rings. The van der Waals surface area contributed by atoms with Crippen LogP contribution in [0.15, 0.2) is 36.1 Å². The van der Waals surface area contributed by atoms with Crippen molar-refractivity contribution in [2.75, 3.05) is 11.9 Å². The molecule has 0 saturated carbocycles. The number of unbranched alkanes of at least 4 members (excludes halogenated alkanes) is 3. The molecule has 0 aliphatic rings. The van der Waals surface area contributed by atoms with Crippen LogP contribution in [-0.2, 0) is 4.74 Å². The molecule has 0 aliphatic heterocycles. The van der Waals surface area contributed by atoms with E-state index in [9.17, 15) is 79.4 Å². The number of ether oxygens (including phenoxy) is 2. The van der Waals surface area contributed by atoms with Crippen LogP contribution < -0.4 is 10.1 Å². The number of carbonyl (C=O) groups is 1. The fourth-order valence-corrected chi connectivity index (χ4v) is 2.83. The molecule has 0 bridgehead atoms. The zero-order valence-electron chi connectivity index (χ0n) is 21.0. The first kappa shape index (κ1) is 37.9. The lowest BCUT2D eigenvalue weighted by atomic mass is 9.91. The van der Waals surface area contributed by atoms with E-state index in [1.807, 2.05) is 6.92 Å². The maximum absolute atomic E-state index is 13.8. The zero-order chi connectivity index (χ0) is 33.9. The van der Waals surface area contributed by atoms with Crippen LogP contribution in [0.4, 0.5) is 85.1 Å². The molecule has 0 aromatic heterocycles. The fraction of sp³-hybridized carbons (Fsp3) is 0.591. The van der Waals surface area contributed by atoms with Crippen molar-refractivity contribution >= 4 is 11.8 Å². The van der Waals surface area contributed by atoms with Crippen LogP contribution in [0.2, 0.25) is 0 Å². The van der Waals surface area contributed by atoms with Gasteiger partial charge in [-0.25, -0.2) is 4.79 Å². The van der Waals surface area contributed by atoms with Crippen LogP contribution in [0.25, 0.3) is 0 Å². The maximum Gasteiger partial charge on any atom is 0.460 e. The zero-order valence-corrected chi connectivity index (χ0v) is 21.0. The molecule has 43 heavy (non-hydrogen) atoms. The van der Waals surface area contributed by atoms with Crippen molar-refractivity contribution in [2.24, 2.45) is 0 Å². The predicted molar refractivity (Wildman–Crippen MR) is 111 cm³/mol. The third-order valence-corrected chi connectivity index (χ3v) is 5.32. The molecule has 0 unspecified atom stereocenters. The van der Waals surface area contributed by atoms with E-state index in [0.29, 0.717) is 18.6 Å². The van der Waals surface area contributed by atoms with E-state index in [1.165, 1.54) is 0 Å². The predicted octanol–water partition coefficient (Wildman–Crippen LogP) is 9.68. The van der Waals surface area contributed by atoms with E-state index in [2.05, 4.69) is 10.1 Å². The first-order chi connectivity index (χ1) is 19.2. The maximum atomic E-state index is 13.8. The van der Waals surface area contributed by atoms with Gasteiger partial charge in [-0.05, 0) is 30.7 Å². The van der Waals surface area contributed by atoms with Crippen LogP contribution in [0.3, 0.4) is 0 Å². The number of rotatable bonds is 14. The van der Waals surface area contributed by atoms with Crippen LogP contribution in [0.1, 0.15) is 32.6 Å². The lowest BCUT2D eigenvalue weighted by molar-refractivity contribution is -0.451. The highest BCUT2D eigenvalue weighted by Crippen LogP contribution is 2.63. The lowest BCUT2D eigenvalue weighted by Crippen LogP contribution is -2.72. The van der Waals surface area contributed by atoms with Gasteiger partial charge in [-0.2, -0.15) is 74.6 Å². The molecule has 1 aromatic rings. The van der Waals surface area contributed by atoms with Gasteiger partial charge in [-0.15, -0.1) is 0 Å². The van der Waals surface area contributed by atoms with Crippen molar-refractivity contribution in [1.82, 2.24) is 0 Å². The first-order valence-electron chi connectivity index (χ1n) is 11.3. The Bertz CT molecular complexity index is 1130. The number of hydrogen-bond acceptors (Lipinski definition) is 3. The van der Waals surface area contributed by atoms with Gasteiger partial charge < -0.3 is 9.47 Å². The number of hydrogen-bond donors (Lipinski definition) is 1. The molecule has 0 atom stereocenters. The summed E-state index contributed by atoms with van der Waals surface area (Å²) in [5.74, 6) is -55.5. The molecule has 1 amide bonds. The summed E-state index contributed by atoms with van der Waals surface area (Å²) >= 11 is 0. The third-order valence-electron chi connectivity index (χ3n) is 5.32. The molecule has 1 aromatic carbocycles. The van der Waals surface area contributed by atoms with E-state index in [4.69, 9.17) is 4.74 Å². The van der Waals surface area contributed by atoms with Gasteiger partial charge in [0.2, 0.25) is 5.83 Å². The van der Waals surface area contributed by atoms with Gasteiger partial charge in [-0.3, -0.25) is 5.32 Å². The summed E-state index contributed by atoms with van der Waals surface area (Å²) in [5.41, 5.74) is -0.189. The fourth-order valence-electron chi connectivity index (χ4n) is 2.83. The van der Waals surface area contributed by atoms with Crippen LogP contribution in [0, 0.1) is 0 Å². The third kappa shape index (κ3) is 7.15. The highest BCUT2D eigenvalue weighted by Gasteiger charge is 2.93. The number of carbonyl (C=O) groups excluding carboxylic acids is 1.